The van der Waals surface area contributed by atoms with Gasteiger partial charge in [-0.3, -0.25) is 0 Å². The molecule has 1 aromatic carbocycles. The van der Waals surface area contributed by atoms with Crippen LogP contribution in [0, 0.1) is 5.92 Å². The van der Waals surface area contributed by atoms with Crippen LogP contribution in [0.1, 0.15) is 51.7 Å². The summed E-state index contributed by atoms with van der Waals surface area (Å²) in [7, 11) is 0. The molecule has 128 valence electrons. The normalized spacial score (nSPS) is 20.7. The van der Waals surface area contributed by atoms with Crippen molar-refractivity contribution in [2.45, 2.75) is 65.1 Å². The van der Waals surface area contributed by atoms with E-state index in [0.717, 1.165) is 18.9 Å². The number of carbonyl (C=O) groups is 1. The highest BCUT2D eigenvalue weighted by Gasteiger charge is 2.24. The van der Waals surface area contributed by atoms with Crippen molar-refractivity contribution in [1.29, 1.82) is 0 Å². The first-order chi connectivity index (χ1) is 10.8. The first-order valence-electron chi connectivity index (χ1n) is 8.60. The van der Waals surface area contributed by atoms with E-state index in [2.05, 4.69) is 41.8 Å². The Morgan fingerprint density at radius 1 is 1.17 bits per heavy atom. The summed E-state index contributed by atoms with van der Waals surface area (Å²) in [6, 6.07) is 9.30. The first kappa shape index (κ1) is 17.8. The molecule has 1 amide bonds. The van der Waals surface area contributed by atoms with E-state index in [0.29, 0.717) is 12.6 Å². The van der Waals surface area contributed by atoms with Gasteiger partial charge in [-0.25, -0.2) is 4.79 Å². The zero-order valence-electron chi connectivity index (χ0n) is 14.8. The molecule has 0 aromatic heterocycles. The van der Waals surface area contributed by atoms with Crippen LogP contribution >= 0.6 is 0 Å². The molecule has 4 nitrogen and oxygen atoms in total. The lowest BCUT2D eigenvalue weighted by Gasteiger charge is -2.33. The summed E-state index contributed by atoms with van der Waals surface area (Å²) in [6.45, 7) is 9.43. The van der Waals surface area contributed by atoms with E-state index >= 15 is 0 Å². The second-order valence-corrected chi connectivity index (χ2v) is 7.65. The molecule has 0 heterocycles. The van der Waals surface area contributed by atoms with Crippen LogP contribution in [0.2, 0.25) is 0 Å². The largest absolute Gasteiger partial charge is 0.444 e. The van der Waals surface area contributed by atoms with Gasteiger partial charge in [0.1, 0.15) is 5.60 Å². The van der Waals surface area contributed by atoms with Gasteiger partial charge in [0.25, 0.3) is 0 Å². The van der Waals surface area contributed by atoms with E-state index in [1.807, 2.05) is 20.8 Å². The van der Waals surface area contributed by atoms with Gasteiger partial charge in [-0.15, -0.1) is 0 Å². The van der Waals surface area contributed by atoms with Crippen molar-refractivity contribution < 1.29 is 9.53 Å². The molecular formula is C19H30N2O2. The van der Waals surface area contributed by atoms with E-state index in [1.165, 1.54) is 24.0 Å². The zero-order valence-corrected chi connectivity index (χ0v) is 14.8. The Balaban J connectivity index is 1.65. The highest BCUT2D eigenvalue weighted by molar-refractivity contribution is 5.67. The first-order valence-corrected chi connectivity index (χ1v) is 8.60. The predicted octanol–water partition coefficient (Wildman–Crippen LogP) is 3.64. The van der Waals surface area contributed by atoms with Gasteiger partial charge in [0, 0.05) is 19.1 Å². The molecule has 0 unspecified atom stereocenters. The minimum atomic E-state index is -0.447. The van der Waals surface area contributed by atoms with Crippen LogP contribution in [0.15, 0.2) is 24.3 Å². The van der Waals surface area contributed by atoms with Crippen molar-refractivity contribution in [2.24, 2.45) is 5.92 Å². The van der Waals surface area contributed by atoms with Gasteiger partial charge in [-0.2, -0.15) is 0 Å². The Hall–Kier alpha value is -1.55. The zero-order chi connectivity index (χ0) is 16.9. The lowest BCUT2D eigenvalue weighted by molar-refractivity contribution is 0.0528. The molecule has 2 N–H and O–H groups in total. The van der Waals surface area contributed by atoms with Gasteiger partial charge in [-0.1, -0.05) is 31.2 Å². The molecule has 4 heteroatoms. The highest BCUT2D eigenvalue weighted by atomic mass is 16.6. The van der Waals surface area contributed by atoms with Crippen molar-refractivity contribution in [2.75, 3.05) is 6.54 Å². The number of nitrogens with one attached hydrogen (secondary N) is 2. The number of alkyl carbamates (subject to hydrolysis) is 1. The number of hydrogen-bond acceptors (Lipinski definition) is 3. The van der Waals surface area contributed by atoms with Crippen LogP contribution in [0.3, 0.4) is 0 Å². The molecule has 0 bridgehead atoms. The minimum Gasteiger partial charge on any atom is -0.444 e. The van der Waals surface area contributed by atoms with Crippen LogP contribution in [-0.2, 0) is 17.7 Å². The molecule has 1 fully saturated rings. The fourth-order valence-electron chi connectivity index (χ4n) is 2.78. The van der Waals surface area contributed by atoms with E-state index in [4.69, 9.17) is 4.74 Å². The van der Waals surface area contributed by atoms with E-state index in [-0.39, 0.29) is 6.09 Å². The molecule has 0 spiro atoms. The molecule has 1 aliphatic rings. The van der Waals surface area contributed by atoms with Crippen LogP contribution in [0.5, 0.6) is 0 Å². The van der Waals surface area contributed by atoms with E-state index in [1.54, 1.807) is 0 Å². The van der Waals surface area contributed by atoms with Gasteiger partial charge in [-0.05, 0) is 57.1 Å². The number of benzene rings is 1. The number of rotatable bonds is 6. The topological polar surface area (TPSA) is 50.4 Å². The van der Waals surface area contributed by atoms with Crippen molar-refractivity contribution in [1.82, 2.24) is 10.6 Å². The number of ether oxygens (including phenoxy) is 1. The Bertz CT molecular complexity index is 499. The SMILES string of the molecule is CC1CC(NCc2ccc(CCNC(=O)OC(C)(C)C)cc2)C1. The second-order valence-electron chi connectivity index (χ2n) is 7.65. The Morgan fingerprint density at radius 3 is 2.35 bits per heavy atom. The fraction of sp³-hybridized carbons (Fsp3) is 0.632. The van der Waals surface area contributed by atoms with Crippen molar-refractivity contribution in [3.05, 3.63) is 35.4 Å². The van der Waals surface area contributed by atoms with Crippen molar-refractivity contribution in [3.63, 3.8) is 0 Å². The predicted molar refractivity (Wildman–Crippen MR) is 93.4 cm³/mol. The minimum absolute atomic E-state index is 0.354. The number of carbonyl (C=O) groups excluding carboxylic acids is 1. The van der Waals surface area contributed by atoms with Gasteiger partial charge in [0.05, 0.1) is 0 Å². The summed E-state index contributed by atoms with van der Waals surface area (Å²) in [4.78, 5) is 11.6. The summed E-state index contributed by atoms with van der Waals surface area (Å²) in [5.74, 6) is 0.882. The van der Waals surface area contributed by atoms with E-state index < -0.39 is 5.60 Å². The van der Waals surface area contributed by atoms with E-state index in [9.17, 15) is 4.79 Å². The van der Waals surface area contributed by atoms with Crippen molar-refractivity contribution in [3.8, 4) is 0 Å². The van der Waals surface area contributed by atoms with Gasteiger partial charge < -0.3 is 15.4 Å². The average molecular weight is 318 g/mol. The molecule has 0 radical (unpaired) electrons. The number of amides is 1. The maximum Gasteiger partial charge on any atom is 0.407 e. The Labute approximate surface area is 140 Å². The molecule has 2 rings (SSSR count). The second kappa shape index (κ2) is 7.82. The van der Waals surface area contributed by atoms with Crippen LogP contribution in [-0.4, -0.2) is 24.3 Å². The standard InChI is InChI=1S/C19H30N2O2/c1-14-11-17(12-14)21-13-16-7-5-15(6-8-16)9-10-20-18(22)23-19(2,3)4/h5-8,14,17,21H,9-13H2,1-4H3,(H,20,22). The van der Waals surface area contributed by atoms with Gasteiger partial charge in [0.15, 0.2) is 0 Å². The maximum atomic E-state index is 11.6. The molecule has 0 saturated heterocycles. The Morgan fingerprint density at radius 2 is 1.78 bits per heavy atom. The molecule has 0 atom stereocenters. The quantitative estimate of drug-likeness (QED) is 0.842. The van der Waals surface area contributed by atoms with Crippen LogP contribution < -0.4 is 10.6 Å². The molecule has 23 heavy (non-hydrogen) atoms. The lowest BCUT2D eigenvalue weighted by Crippen LogP contribution is -2.39. The van der Waals surface area contributed by atoms with Crippen molar-refractivity contribution >= 4 is 6.09 Å². The average Bonchev–Trinajstić information content (AvgIpc) is 2.42. The fourth-order valence-corrected chi connectivity index (χ4v) is 2.78. The Kier molecular flexibility index (Phi) is 6.05. The molecular weight excluding hydrogens is 288 g/mol. The van der Waals surface area contributed by atoms with Crippen LogP contribution in [0.4, 0.5) is 4.79 Å². The van der Waals surface area contributed by atoms with Gasteiger partial charge >= 0.3 is 6.09 Å². The molecule has 0 aliphatic heterocycles. The summed E-state index contributed by atoms with van der Waals surface area (Å²) in [6.07, 6.45) is 3.06. The third kappa shape index (κ3) is 6.61. The smallest absolute Gasteiger partial charge is 0.407 e. The third-order valence-corrected chi connectivity index (χ3v) is 4.07. The highest BCUT2D eigenvalue weighted by Crippen LogP contribution is 2.26. The lowest BCUT2D eigenvalue weighted by atomic mass is 9.82. The van der Waals surface area contributed by atoms with Crippen LogP contribution in [0.25, 0.3) is 0 Å². The monoisotopic (exact) mass is 318 g/mol. The maximum absolute atomic E-state index is 11.6. The third-order valence-electron chi connectivity index (χ3n) is 4.07. The molecule has 1 aromatic rings. The summed E-state index contributed by atoms with van der Waals surface area (Å²) >= 11 is 0. The summed E-state index contributed by atoms with van der Waals surface area (Å²) < 4.78 is 5.21. The van der Waals surface area contributed by atoms with Gasteiger partial charge in [0.2, 0.25) is 0 Å². The summed E-state index contributed by atoms with van der Waals surface area (Å²) in [5.41, 5.74) is 2.09. The molecule has 1 aliphatic carbocycles. The summed E-state index contributed by atoms with van der Waals surface area (Å²) in [5, 5.41) is 6.38. The molecule has 1 saturated carbocycles. The number of hydrogen-bond donors (Lipinski definition) is 2.